The molecule has 1 heterocycles. The highest BCUT2D eigenvalue weighted by Gasteiger charge is 2.15. The number of hydrogen-bond donors (Lipinski definition) is 1. The van der Waals surface area contributed by atoms with Crippen LogP contribution in [0.3, 0.4) is 0 Å². The highest BCUT2D eigenvalue weighted by atomic mass is 19.3. The molecule has 0 aliphatic heterocycles. The van der Waals surface area contributed by atoms with Crippen LogP contribution >= 0.6 is 0 Å². The van der Waals surface area contributed by atoms with Crippen molar-refractivity contribution in [1.29, 1.82) is 0 Å². The van der Waals surface area contributed by atoms with Crippen LogP contribution in [0.25, 0.3) is 0 Å². The number of nitrogens with zero attached hydrogens (tertiary/aromatic N) is 2. The van der Waals surface area contributed by atoms with Gasteiger partial charge in [-0.25, -0.2) is 4.98 Å². The summed E-state index contributed by atoms with van der Waals surface area (Å²) >= 11 is 0. The first-order chi connectivity index (χ1) is 9.61. The molecule has 0 saturated carbocycles. The van der Waals surface area contributed by atoms with E-state index in [1.54, 1.807) is 18.3 Å². The van der Waals surface area contributed by atoms with Gasteiger partial charge in [-0.15, -0.1) is 0 Å². The van der Waals surface area contributed by atoms with Crippen LogP contribution in [0.4, 0.5) is 8.78 Å². The molecular formula is C14H17F2N3O. The van der Waals surface area contributed by atoms with Gasteiger partial charge in [-0.1, -0.05) is 19.1 Å². The molecule has 1 aromatic heterocycles. The van der Waals surface area contributed by atoms with Gasteiger partial charge in [0.05, 0.1) is 6.04 Å². The van der Waals surface area contributed by atoms with E-state index < -0.39 is 12.7 Å². The Morgan fingerprint density at radius 2 is 2.00 bits per heavy atom. The maximum atomic E-state index is 12.1. The van der Waals surface area contributed by atoms with E-state index >= 15 is 0 Å². The van der Waals surface area contributed by atoms with E-state index in [9.17, 15) is 8.78 Å². The summed E-state index contributed by atoms with van der Waals surface area (Å²) in [7, 11) is 0. The molecule has 0 aliphatic rings. The van der Waals surface area contributed by atoms with Crippen LogP contribution in [0.5, 0.6) is 5.75 Å². The van der Waals surface area contributed by atoms with Gasteiger partial charge < -0.3 is 15.0 Å². The molecule has 0 bridgehead atoms. The van der Waals surface area contributed by atoms with Crippen molar-refractivity contribution in [1.82, 2.24) is 9.55 Å². The van der Waals surface area contributed by atoms with Crippen molar-refractivity contribution in [2.24, 2.45) is 5.73 Å². The Kier molecular flexibility index (Phi) is 4.68. The molecular weight excluding hydrogens is 264 g/mol. The van der Waals surface area contributed by atoms with Gasteiger partial charge in [-0.2, -0.15) is 8.78 Å². The summed E-state index contributed by atoms with van der Waals surface area (Å²) in [5.41, 5.74) is 6.97. The number of rotatable bonds is 6. The molecule has 6 heteroatoms. The van der Waals surface area contributed by atoms with E-state index in [0.29, 0.717) is 0 Å². The third-order valence-corrected chi connectivity index (χ3v) is 2.95. The third-order valence-electron chi connectivity index (χ3n) is 2.95. The van der Waals surface area contributed by atoms with Gasteiger partial charge in [0.25, 0.3) is 0 Å². The van der Waals surface area contributed by atoms with Gasteiger partial charge in [0.15, 0.2) is 0 Å². The van der Waals surface area contributed by atoms with Gasteiger partial charge in [0.1, 0.15) is 11.6 Å². The van der Waals surface area contributed by atoms with E-state index in [-0.39, 0.29) is 5.75 Å². The average molecular weight is 281 g/mol. The Hall–Kier alpha value is -1.95. The lowest BCUT2D eigenvalue weighted by atomic mass is 10.1. The van der Waals surface area contributed by atoms with Crippen molar-refractivity contribution in [3.8, 4) is 5.75 Å². The molecule has 108 valence electrons. The predicted octanol–water partition coefficient (Wildman–Crippen LogP) is 2.94. The van der Waals surface area contributed by atoms with E-state index in [0.717, 1.165) is 24.4 Å². The Morgan fingerprint density at radius 3 is 2.60 bits per heavy atom. The quantitative estimate of drug-likeness (QED) is 0.885. The topological polar surface area (TPSA) is 53.1 Å². The average Bonchev–Trinajstić information content (AvgIpc) is 2.87. The number of aromatic nitrogens is 2. The summed E-state index contributed by atoms with van der Waals surface area (Å²) in [6, 6.07) is 5.92. The lowest BCUT2D eigenvalue weighted by Gasteiger charge is -2.14. The maximum Gasteiger partial charge on any atom is 0.387 e. The first-order valence-corrected chi connectivity index (χ1v) is 6.43. The minimum absolute atomic E-state index is 0.118. The summed E-state index contributed by atoms with van der Waals surface area (Å²) in [6.07, 6.45) is 4.57. The molecule has 1 aromatic carbocycles. The minimum Gasteiger partial charge on any atom is -0.435 e. The summed E-state index contributed by atoms with van der Waals surface area (Å²) in [4.78, 5) is 4.27. The van der Waals surface area contributed by atoms with Crippen molar-refractivity contribution in [3.63, 3.8) is 0 Å². The number of aryl methyl sites for hydroxylation is 1. The fourth-order valence-corrected chi connectivity index (χ4v) is 2.04. The second-order valence-electron chi connectivity index (χ2n) is 4.40. The SMILES string of the molecule is CCCn1ccnc1C(N)c1ccc(OC(F)F)cc1. The Bertz CT molecular complexity index is 540. The van der Waals surface area contributed by atoms with E-state index in [1.165, 1.54) is 12.1 Å². The molecule has 20 heavy (non-hydrogen) atoms. The van der Waals surface area contributed by atoms with E-state index in [4.69, 9.17) is 5.73 Å². The molecule has 2 N–H and O–H groups in total. The van der Waals surface area contributed by atoms with Gasteiger partial charge in [0, 0.05) is 18.9 Å². The van der Waals surface area contributed by atoms with Crippen molar-refractivity contribution in [2.75, 3.05) is 0 Å². The number of benzene rings is 1. The zero-order chi connectivity index (χ0) is 14.5. The summed E-state index contributed by atoms with van der Waals surface area (Å²) in [6.45, 7) is 0.0967. The third kappa shape index (κ3) is 3.33. The molecule has 0 spiro atoms. The first kappa shape index (κ1) is 14.5. The van der Waals surface area contributed by atoms with Crippen LogP contribution in [-0.2, 0) is 6.54 Å². The smallest absolute Gasteiger partial charge is 0.387 e. The molecule has 0 amide bonds. The van der Waals surface area contributed by atoms with Crippen LogP contribution in [0.1, 0.15) is 30.8 Å². The van der Waals surface area contributed by atoms with Crippen molar-refractivity contribution in [2.45, 2.75) is 32.5 Å². The second-order valence-corrected chi connectivity index (χ2v) is 4.40. The number of halogens is 2. The zero-order valence-corrected chi connectivity index (χ0v) is 11.2. The molecule has 0 radical (unpaired) electrons. The molecule has 0 saturated heterocycles. The molecule has 0 fully saturated rings. The van der Waals surface area contributed by atoms with Crippen LogP contribution in [0, 0.1) is 0 Å². The second kappa shape index (κ2) is 6.47. The minimum atomic E-state index is -2.82. The van der Waals surface area contributed by atoms with Gasteiger partial charge in [-0.05, 0) is 24.1 Å². The van der Waals surface area contributed by atoms with Gasteiger partial charge in [-0.3, -0.25) is 0 Å². The summed E-state index contributed by atoms with van der Waals surface area (Å²) < 4.78 is 30.5. The number of nitrogens with two attached hydrogens (primary N) is 1. The lowest BCUT2D eigenvalue weighted by Crippen LogP contribution is -2.17. The fraction of sp³-hybridized carbons (Fsp3) is 0.357. The highest BCUT2D eigenvalue weighted by molar-refractivity contribution is 5.31. The van der Waals surface area contributed by atoms with E-state index in [1.807, 2.05) is 10.8 Å². The van der Waals surface area contributed by atoms with Crippen LogP contribution in [0.15, 0.2) is 36.7 Å². The molecule has 4 nitrogen and oxygen atoms in total. The monoisotopic (exact) mass is 281 g/mol. The van der Waals surface area contributed by atoms with Crippen molar-refractivity contribution >= 4 is 0 Å². The highest BCUT2D eigenvalue weighted by Crippen LogP contribution is 2.22. The normalized spacial score (nSPS) is 12.7. The van der Waals surface area contributed by atoms with Crippen LogP contribution < -0.4 is 10.5 Å². The fourth-order valence-electron chi connectivity index (χ4n) is 2.04. The number of imidazole rings is 1. The predicted molar refractivity (Wildman–Crippen MR) is 71.6 cm³/mol. The van der Waals surface area contributed by atoms with Crippen molar-refractivity contribution < 1.29 is 13.5 Å². The zero-order valence-electron chi connectivity index (χ0n) is 11.2. The van der Waals surface area contributed by atoms with E-state index in [2.05, 4.69) is 16.6 Å². The lowest BCUT2D eigenvalue weighted by molar-refractivity contribution is -0.0498. The Morgan fingerprint density at radius 1 is 1.30 bits per heavy atom. The van der Waals surface area contributed by atoms with Crippen molar-refractivity contribution in [3.05, 3.63) is 48.0 Å². The standard InChI is InChI=1S/C14H17F2N3O/c1-2-8-19-9-7-18-13(19)12(17)10-3-5-11(6-4-10)20-14(15)16/h3-7,9,12,14H,2,8,17H2,1H3. The van der Waals surface area contributed by atoms with Crippen LogP contribution in [-0.4, -0.2) is 16.2 Å². The van der Waals surface area contributed by atoms with Crippen LogP contribution in [0.2, 0.25) is 0 Å². The van der Waals surface area contributed by atoms with Gasteiger partial charge in [0.2, 0.25) is 0 Å². The van der Waals surface area contributed by atoms with Gasteiger partial charge >= 0.3 is 6.61 Å². The molecule has 2 rings (SSSR count). The summed E-state index contributed by atoms with van der Waals surface area (Å²) in [5, 5.41) is 0. The molecule has 2 aromatic rings. The molecule has 0 aliphatic carbocycles. The Balaban J connectivity index is 2.16. The maximum absolute atomic E-state index is 12.1. The number of alkyl halides is 2. The Labute approximate surface area is 116 Å². The molecule has 1 unspecified atom stereocenters. The summed E-state index contributed by atoms with van der Waals surface area (Å²) in [5.74, 6) is 0.877. The molecule has 1 atom stereocenters. The first-order valence-electron chi connectivity index (χ1n) is 6.43. The number of ether oxygens (including phenoxy) is 1. The largest absolute Gasteiger partial charge is 0.435 e. The number of hydrogen-bond acceptors (Lipinski definition) is 3.